The van der Waals surface area contributed by atoms with Crippen molar-refractivity contribution in [3.8, 4) is 0 Å². The van der Waals surface area contributed by atoms with Gasteiger partial charge in [0.05, 0.1) is 11.4 Å². The number of carbonyl (C=O) groups excluding carboxylic acids is 1. The second-order valence-corrected chi connectivity index (χ2v) is 9.37. The summed E-state index contributed by atoms with van der Waals surface area (Å²) in [5.41, 5.74) is 2.29. The quantitative estimate of drug-likeness (QED) is 0.437. The summed E-state index contributed by atoms with van der Waals surface area (Å²) in [4.78, 5) is 17.1. The van der Waals surface area contributed by atoms with Crippen LogP contribution in [0.3, 0.4) is 0 Å². The predicted octanol–water partition coefficient (Wildman–Crippen LogP) is 5.28. The van der Waals surface area contributed by atoms with Crippen molar-refractivity contribution in [1.29, 1.82) is 0 Å². The van der Waals surface area contributed by atoms with E-state index in [9.17, 15) is 4.79 Å². The highest BCUT2D eigenvalue weighted by Gasteiger charge is 2.23. The van der Waals surface area contributed by atoms with Gasteiger partial charge in [-0.2, -0.15) is 0 Å². The van der Waals surface area contributed by atoms with E-state index in [1.54, 1.807) is 23.5 Å². The summed E-state index contributed by atoms with van der Waals surface area (Å²) in [7, 11) is 0. The van der Waals surface area contributed by atoms with E-state index < -0.39 is 0 Å². The van der Waals surface area contributed by atoms with Crippen LogP contribution in [-0.2, 0) is 4.79 Å². The molecule has 1 amide bonds. The Bertz CT molecular complexity index is 914. The number of nitrogens with zero attached hydrogens (tertiary/aromatic N) is 3. The van der Waals surface area contributed by atoms with E-state index in [-0.39, 0.29) is 5.91 Å². The van der Waals surface area contributed by atoms with Crippen molar-refractivity contribution in [2.75, 3.05) is 22.5 Å². The van der Waals surface area contributed by atoms with Crippen molar-refractivity contribution in [1.82, 2.24) is 10.2 Å². The summed E-state index contributed by atoms with van der Waals surface area (Å²) in [6.07, 6.45) is 0.378. The number of fused-ring (bicyclic) bond motifs is 2. The summed E-state index contributed by atoms with van der Waals surface area (Å²) >= 11 is 4.81. The van der Waals surface area contributed by atoms with Crippen LogP contribution in [0.15, 0.2) is 62.7 Å². The van der Waals surface area contributed by atoms with Gasteiger partial charge in [-0.3, -0.25) is 4.79 Å². The van der Waals surface area contributed by atoms with E-state index in [1.165, 1.54) is 21.1 Å². The number of hydrogen-bond acceptors (Lipinski definition) is 7. The molecule has 0 spiro atoms. The lowest BCUT2D eigenvalue weighted by Crippen LogP contribution is -2.25. The van der Waals surface area contributed by atoms with Crippen molar-refractivity contribution in [2.24, 2.45) is 0 Å². The summed E-state index contributed by atoms with van der Waals surface area (Å²) in [5, 5.41) is 11.5. The van der Waals surface area contributed by atoms with E-state index in [0.717, 1.165) is 21.5 Å². The van der Waals surface area contributed by atoms with Gasteiger partial charge in [0.15, 0.2) is 4.34 Å². The van der Waals surface area contributed by atoms with Crippen LogP contribution in [0.4, 0.5) is 16.5 Å². The molecule has 0 bridgehead atoms. The second kappa shape index (κ2) is 8.33. The third-order valence-electron chi connectivity index (χ3n) is 4.02. The lowest BCUT2D eigenvalue weighted by Gasteiger charge is -2.32. The molecule has 1 aliphatic heterocycles. The normalized spacial score (nSPS) is 12.4. The van der Waals surface area contributed by atoms with Gasteiger partial charge in [-0.25, -0.2) is 0 Å². The molecule has 0 saturated carbocycles. The second-order valence-electron chi connectivity index (χ2n) is 5.79. The Morgan fingerprint density at radius 2 is 1.74 bits per heavy atom. The average Bonchev–Trinajstić information content (AvgIpc) is 3.12. The Hall–Kier alpha value is -2.03. The monoisotopic (exact) mass is 414 g/mol. The van der Waals surface area contributed by atoms with Crippen LogP contribution in [0, 0.1) is 0 Å². The molecular formula is C19H18N4OS3. The molecule has 1 aromatic heterocycles. The number of benzene rings is 2. The number of para-hydroxylation sites is 2. The molecule has 1 aliphatic rings. The number of anilines is 3. The number of carbonyl (C=O) groups is 1. The topological polar surface area (TPSA) is 58.1 Å². The Labute approximate surface area is 170 Å². The van der Waals surface area contributed by atoms with E-state index >= 15 is 0 Å². The molecule has 2 aromatic carbocycles. The summed E-state index contributed by atoms with van der Waals surface area (Å²) < 4.78 is 0.878. The first-order valence-electron chi connectivity index (χ1n) is 8.64. The maximum Gasteiger partial charge on any atom is 0.227 e. The first-order valence-corrected chi connectivity index (χ1v) is 11.3. The van der Waals surface area contributed by atoms with Crippen LogP contribution in [0.5, 0.6) is 0 Å². The molecule has 0 aliphatic carbocycles. The fourth-order valence-electron chi connectivity index (χ4n) is 2.86. The molecular weight excluding hydrogens is 396 g/mol. The zero-order valence-electron chi connectivity index (χ0n) is 14.7. The van der Waals surface area contributed by atoms with Gasteiger partial charge in [-0.05, 0) is 30.0 Å². The highest BCUT2D eigenvalue weighted by molar-refractivity contribution is 8.01. The molecule has 8 heteroatoms. The molecule has 27 heavy (non-hydrogen) atoms. The lowest BCUT2D eigenvalue weighted by atomic mass is 10.2. The molecule has 0 fully saturated rings. The van der Waals surface area contributed by atoms with Crippen molar-refractivity contribution in [3.05, 3.63) is 48.5 Å². The molecule has 4 rings (SSSR count). The molecule has 3 aromatic rings. The van der Waals surface area contributed by atoms with Gasteiger partial charge in [0.1, 0.15) is 0 Å². The van der Waals surface area contributed by atoms with Crippen LogP contribution in [0.25, 0.3) is 0 Å². The van der Waals surface area contributed by atoms with E-state index in [4.69, 9.17) is 0 Å². The fourth-order valence-corrected chi connectivity index (χ4v) is 5.62. The molecule has 0 saturated heterocycles. The van der Waals surface area contributed by atoms with Crippen LogP contribution in [0.1, 0.15) is 13.3 Å². The first kappa shape index (κ1) is 18.3. The molecule has 2 heterocycles. The third-order valence-corrected chi connectivity index (χ3v) is 7.00. The van der Waals surface area contributed by atoms with Gasteiger partial charge in [0, 0.05) is 22.8 Å². The van der Waals surface area contributed by atoms with Crippen LogP contribution < -0.4 is 10.2 Å². The maximum absolute atomic E-state index is 12.4. The largest absolute Gasteiger partial charge is 0.339 e. The fraction of sp³-hybridized carbons (Fsp3) is 0.211. The van der Waals surface area contributed by atoms with Gasteiger partial charge >= 0.3 is 0 Å². The van der Waals surface area contributed by atoms with Gasteiger partial charge in [0.2, 0.25) is 11.0 Å². The predicted molar refractivity (Wildman–Crippen MR) is 114 cm³/mol. The Kier molecular flexibility index (Phi) is 5.66. The van der Waals surface area contributed by atoms with Gasteiger partial charge in [0.25, 0.3) is 0 Å². The number of rotatable bonds is 6. The average molecular weight is 415 g/mol. The summed E-state index contributed by atoms with van der Waals surface area (Å²) in [6.45, 7) is 2.67. The number of aromatic nitrogens is 2. The number of hydrogen-bond donors (Lipinski definition) is 1. The van der Waals surface area contributed by atoms with Gasteiger partial charge in [-0.15, -0.1) is 10.2 Å². The zero-order valence-corrected chi connectivity index (χ0v) is 17.2. The van der Waals surface area contributed by atoms with E-state index in [2.05, 4.69) is 51.6 Å². The smallest absolute Gasteiger partial charge is 0.227 e. The van der Waals surface area contributed by atoms with E-state index in [0.29, 0.717) is 18.1 Å². The number of thioether (sulfide) groups is 1. The van der Waals surface area contributed by atoms with Crippen molar-refractivity contribution in [2.45, 2.75) is 27.5 Å². The maximum atomic E-state index is 12.4. The lowest BCUT2D eigenvalue weighted by molar-refractivity contribution is -0.116. The van der Waals surface area contributed by atoms with Crippen molar-refractivity contribution in [3.63, 3.8) is 0 Å². The Morgan fingerprint density at radius 1 is 1.07 bits per heavy atom. The SMILES string of the molecule is CCSc1nnc(NC(=O)CCN2c3ccccc3Sc3ccccc32)s1. The minimum Gasteiger partial charge on any atom is -0.339 e. The summed E-state index contributed by atoms with van der Waals surface area (Å²) in [5.74, 6) is 0.890. The van der Waals surface area contributed by atoms with Crippen LogP contribution >= 0.6 is 34.9 Å². The first-order chi connectivity index (χ1) is 13.2. The minimum absolute atomic E-state index is 0.0487. The van der Waals surface area contributed by atoms with E-state index in [1.807, 2.05) is 24.3 Å². The number of nitrogens with one attached hydrogen (secondary N) is 1. The molecule has 0 atom stereocenters. The number of amides is 1. The van der Waals surface area contributed by atoms with Gasteiger partial charge in [-0.1, -0.05) is 66.0 Å². The minimum atomic E-state index is -0.0487. The third kappa shape index (κ3) is 4.12. The molecule has 5 nitrogen and oxygen atoms in total. The van der Waals surface area contributed by atoms with Crippen LogP contribution in [0.2, 0.25) is 0 Å². The zero-order chi connectivity index (χ0) is 18.6. The summed E-state index contributed by atoms with van der Waals surface area (Å²) in [6, 6.07) is 16.6. The molecule has 0 unspecified atom stereocenters. The highest BCUT2D eigenvalue weighted by atomic mass is 32.2. The van der Waals surface area contributed by atoms with Crippen molar-refractivity contribution >= 4 is 57.3 Å². The van der Waals surface area contributed by atoms with Crippen molar-refractivity contribution < 1.29 is 4.79 Å². The van der Waals surface area contributed by atoms with Crippen LogP contribution in [-0.4, -0.2) is 28.4 Å². The Morgan fingerprint density at radius 3 is 2.41 bits per heavy atom. The Balaban J connectivity index is 1.47. The van der Waals surface area contributed by atoms with Gasteiger partial charge < -0.3 is 10.2 Å². The molecule has 1 N–H and O–H groups in total. The highest BCUT2D eigenvalue weighted by Crippen LogP contribution is 2.47. The molecule has 138 valence electrons. The standard InChI is InChI=1S/C19H18N4OS3/c1-2-25-19-22-21-18(27-19)20-17(24)11-12-23-13-7-3-5-9-15(13)26-16-10-6-4-8-14(16)23/h3-10H,2,11-12H2,1H3,(H,20,21,24). The molecule has 0 radical (unpaired) electrons.